The Morgan fingerprint density at radius 1 is 1.50 bits per heavy atom. The maximum atomic E-state index is 12.9. The van der Waals surface area contributed by atoms with E-state index in [1.54, 1.807) is 6.07 Å². The van der Waals surface area contributed by atoms with Crippen LogP contribution in [0.4, 0.5) is 4.39 Å². The summed E-state index contributed by atoms with van der Waals surface area (Å²) in [5.74, 6) is -0.259. The highest BCUT2D eigenvalue weighted by Crippen LogP contribution is 2.13. The van der Waals surface area contributed by atoms with Gasteiger partial charge in [-0.2, -0.15) is 0 Å². The minimum absolute atomic E-state index is 0.259. The molecule has 3 N–H and O–H groups in total. The van der Waals surface area contributed by atoms with Gasteiger partial charge in [0.25, 0.3) is 0 Å². The Balaban J connectivity index is 2.70. The zero-order valence-electron chi connectivity index (χ0n) is 8.33. The van der Waals surface area contributed by atoms with Crippen LogP contribution in [0.1, 0.15) is 17.5 Å². The number of nitrogens with two attached hydrogens (primary N) is 1. The molecular formula is C11H16FNO. The maximum Gasteiger partial charge on any atom is 0.123 e. The standard InChI is InChI=1S/C11H16FNO/c1-8-2-3-10(12)6-9(8)7-11(14)4-5-13/h2-3,6,11,14H,4-5,7,13H2,1H3. The molecule has 1 atom stereocenters. The third-order valence-corrected chi connectivity index (χ3v) is 2.27. The largest absolute Gasteiger partial charge is 0.393 e. The fraction of sp³-hybridized carbons (Fsp3) is 0.455. The number of hydrogen-bond donors (Lipinski definition) is 2. The van der Waals surface area contributed by atoms with Crippen LogP contribution in [0, 0.1) is 12.7 Å². The zero-order valence-corrected chi connectivity index (χ0v) is 8.33. The normalized spacial score (nSPS) is 12.9. The van der Waals surface area contributed by atoms with Crippen LogP contribution in [0.15, 0.2) is 18.2 Å². The maximum absolute atomic E-state index is 12.9. The number of benzene rings is 1. The first-order valence-corrected chi connectivity index (χ1v) is 4.76. The van der Waals surface area contributed by atoms with Crippen LogP contribution in [0.2, 0.25) is 0 Å². The Morgan fingerprint density at radius 3 is 2.86 bits per heavy atom. The Hall–Kier alpha value is -0.930. The van der Waals surface area contributed by atoms with Crippen molar-refractivity contribution in [2.24, 2.45) is 5.73 Å². The smallest absolute Gasteiger partial charge is 0.123 e. The molecule has 1 aromatic carbocycles. The van der Waals surface area contributed by atoms with E-state index < -0.39 is 6.10 Å². The van der Waals surface area contributed by atoms with E-state index >= 15 is 0 Å². The molecular weight excluding hydrogens is 181 g/mol. The van der Waals surface area contributed by atoms with Gasteiger partial charge in [-0.3, -0.25) is 0 Å². The van der Waals surface area contributed by atoms with Crippen molar-refractivity contribution in [3.8, 4) is 0 Å². The Kier molecular flexibility index (Phi) is 4.04. The molecule has 0 saturated heterocycles. The van der Waals surface area contributed by atoms with Gasteiger partial charge in [-0.05, 0) is 49.6 Å². The molecule has 0 heterocycles. The number of aryl methyl sites for hydroxylation is 1. The first-order valence-electron chi connectivity index (χ1n) is 4.76. The lowest BCUT2D eigenvalue weighted by molar-refractivity contribution is 0.167. The summed E-state index contributed by atoms with van der Waals surface area (Å²) in [6.45, 7) is 2.36. The SMILES string of the molecule is Cc1ccc(F)cc1CC(O)CCN. The van der Waals surface area contributed by atoms with Crippen molar-refractivity contribution in [2.45, 2.75) is 25.9 Å². The van der Waals surface area contributed by atoms with Crippen LogP contribution >= 0.6 is 0 Å². The van der Waals surface area contributed by atoms with Gasteiger partial charge in [-0.15, -0.1) is 0 Å². The van der Waals surface area contributed by atoms with E-state index in [2.05, 4.69) is 0 Å². The second kappa shape index (κ2) is 5.08. The second-order valence-corrected chi connectivity index (χ2v) is 3.51. The van der Waals surface area contributed by atoms with Crippen LogP contribution in [0.3, 0.4) is 0 Å². The molecule has 0 fully saturated rings. The Morgan fingerprint density at radius 2 is 2.21 bits per heavy atom. The summed E-state index contributed by atoms with van der Waals surface area (Å²) in [7, 11) is 0. The predicted octanol–water partition coefficient (Wildman–Crippen LogP) is 1.39. The highest BCUT2D eigenvalue weighted by Gasteiger charge is 2.07. The molecule has 2 nitrogen and oxygen atoms in total. The van der Waals surface area contributed by atoms with Crippen molar-refractivity contribution in [1.82, 2.24) is 0 Å². The molecule has 1 aromatic rings. The van der Waals surface area contributed by atoms with Gasteiger partial charge in [-0.25, -0.2) is 4.39 Å². The van der Waals surface area contributed by atoms with Gasteiger partial charge in [0.1, 0.15) is 5.82 Å². The van der Waals surface area contributed by atoms with E-state index in [0.717, 1.165) is 11.1 Å². The van der Waals surface area contributed by atoms with E-state index in [-0.39, 0.29) is 5.82 Å². The van der Waals surface area contributed by atoms with Crippen molar-refractivity contribution >= 4 is 0 Å². The summed E-state index contributed by atoms with van der Waals surface area (Å²) < 4.78 is 12.9. The molecule has 1 rings (SSSR count). The first kappa shape index (κ1) is 11.1. The first-order chi connectivity index (χ1) is 6.63. The molecule has 0 aromatic heterocycles. The Bertz CT molecular complexity index is 301. The lowest BCUT2D eigenvalue weighted by Crippen LogP contribution is -2.16. The number of halogens is 1. The van der Waals surface area contributed by atoms with Gasteiger partial charge in [0.05, 0.1) is 6.10 Å². The van der Waals surface area contributed by atoms with Crippen molar-refractivity contribution in [2.75, 3.05) is 6.54 Å². The van der Waals surface area contributed by atoms with Gasteiger partial charge in [0, 0.05) is 0 Å². The molecule has 0 amide bonds. The average molecular weight is 197 g/mol. The minimum atomic E-state index is -0.472. The topological polar surface area (TPSA) is 46.2 Å². The van der Waals surface area contributed by atoms with Crippen molar-refractivity contribution in [3.63, 3.8) is 0 Å². The zero-order chi connectivity index (χ0) is 10.6. The lowest BCUT2D eigenvalue weighted by Gasteiger charge is -2.11. The molecule has 0 aliphatic carbocycles. The van der Waals surface area contributed by atoms with Crippen LogP contribution in [-0.4, -0.2) is 17.8 Å². The molecule has 3 heteroatoms. The van der Waals surface area contributed by atoms with Crippen LogP contribution in [0.25, 0.3) is 0 Å². The fourth-order valence-corrected chi connectivity index (χ4v) is 1.41. The molecule has 1 unspecified atom stereocenters. The van der Waals surface area contributed by atoms with E-state index in [1.807, 2.05) is 6.92 Å². The van der Waals surface area contributed by atoms with E-state index in [4.69, 9.17) is 5.73 Å². The average Bonchev–Trinajstić information content (AvgIpc) is 2.12. The number of rotatable bonds is 4. The molecule has 78 valence electrons. The van der Waals surface area contributed by atoms with Gasteiger partial charge in [0.2, 0.25) is 0 Å². The monoisotopic (exact) mass is 197 g/mol. The van der Waals surface area contributed by atoms with Crippen LogP contribution in [-0.2, 0) is 6.42 Å². The molecule has 0 aliphatic heterocycles. The van der Waals surface area contributed by atoms with Crippen molar-refractivity contribution in [1.29, 1.82) is 0 Å². The molecule has 0 saturated carbocycles. The summed E-state index contributed by atoms with van der Waals surface area (Å²) in [5.41, 5.74) is 7.17. The van der Waals surface area contributed by atoms with E-state index in [1.165, 1.54) is 12.1 Å². The summed E-state index contributed by atoms with van der Waals surface area (Å²) in [5, 5.41) is 9.52. The molecule has 14 heavy (non-hydrogen) atoms. The predicted molar refractivity (Wildman–Crippen MR) is 54.5 cm³/mol. The van der Waals surface area contributed by atoms with Gasteiger partial charge in [-0.1, -0.05) is 6.07 Å². The summed E-state index contributed by atoms with van der Waals surface area (Å²) in [6.07, 6.45) is 0.553. The highest BCUT2D eigenvalue weighted by molar-refractivity contribution is 5.27. The van der Waals surface area contributed by atoms with Gasteiger partial charge < -0.3 is 10.8 Å². The lowest BCUT2D eigenvalue weighted by atomic mass is 10.0. The molecule has 0 radical (unpaired) electrons. The van der Waals surface area contributed by atoms with Gasteiger partial charge >= 0.3 is 0 Å². The second-order valence-electron chi connectivity index (χ2n) is 3.51. The Labute approximate surface area is 83.6 Å². The summed E-state index contributed by atoms with van der Waals surface area (Å²) in [6, 6.07) is 4.61. The number of aliphatic hydroxyl groups is 1. The van der Waals surface area contributed by atoms with Crippen LogP contribution < -0.4 is 5.73 Å². The van der Waals surface area contributed by atoms with Gasteiger partial charge in [0.15, 0.2) is 0 Å². The third kappa shape index (κ3) is 3.09. The van der Waals surface area contributed by atoms with Crippen molar-refractivity contribution in [3.05, 3.63) is 35.1 Å². The van der Waals surface area contributed by atoms with Crippen LogP contribution in [0.5, 0.6) is 0 Å². The minimum Gasteiger partial charge on any atom is -0.393 e. The van der Waals surface area contributed by atoms with Crippen molar-refractivity contribution < 1.29 is 9.50 Å². The molecule has 0 aliphatic rings. The van der Waals surface area contributed by atoms with E-state index in [0.29, 0.717) is 19.4 Å². The summed E-state index contributed by atoms with van der Waals surface area (Å²) in [4.78, 5) is 0. The quantitative estimate of drug-likeness (QED) is 0.766. The number of aliphatic hydroxyl groups excluding tert-OH is 1. The fourth-order valence-electron chi connectivity index (χ4n) is 1.41. The molecule has 0 bridgehead atoms. The number of hydrogen-bond acceptors (Lipinski definition) is 2. The highest BCUT2D eigenvalue weighted by atomic mass is 19.1. The summed E-state index contributed by atoms with van der Waals surface area (Å²) >= 11 is 0. The third-order valence-electron chi connectivity index (χ3n) is 2.27. The molecule has 0 spiro atoms. The van der Waals surface area contributed by atoms with E-state index in [9.17, 15) is 9.50 Å².